The van der Waals surface area contributed by atoms with E-state index in [0.717, 1.165) is 31.7 Å². The van der Waals surface area contributed by atoms with Gasteiger partial charge in [0.15, 0.2) is 0 Å². The second-order valence-electron chi connectivity index (χ2n) is 5.22. The summed E-state index contributed by atoms with van der Waals surface area (Å²) in [6, 6.07) is 8.86. The first-order chi connectivity index (χ1) is 8.93. The Labute approximate surface area is 106 Å². The quantitative estimate of drug-likeness (QED) is 0.836. The highest BCUT2D eigenvalue weighted by Crippen LogP contribution is 2.37. The van der Waals surface area contributed by atoms with E-state index >= 15 is 0 Å². The van der Waals surface area contributed by atoms with Gasteiger partial charge in [0.05, 0.1) is 18.2 Å². The smallest absolute Gasteiger partial charge is 0.132 e. The Morgan fingerprint density at radius 1 is 1.28 bits per heavy atom. The Balaban J connectivity index is 1.83. The van der Waals surface area contributed by atoms with Crippen molar-refractivity contribution in [3.8, 4) is 0 Å². The number of aromatic nitrogens is 2. The highest BCUT2D eigenvalue weighted by Gasteiger charge is 2.32. The molecule has 2 atom stereocenters. The average molecular weight is 243 g/mol. The number of hydrogen-bond donors (Lipinski definition) is 1. The van der Waals surface area contributed by atoms with Crippen LogP contribution in [-0.2, 0) is 4.74 Å². The van der Waals surface area contributed by atoms with Gasteiger partial charge in [-0.15, -0.1) is 0 Å². The minimum absolute atomic E-state index is 0.496. The van der Waals surface area contributed by atoms with Crippen molar-refractivity contribution in [3.05, 3.63) is 24.3 Å². The van der Waals surface area contributed by atoms with Crippen molar-refractivity contribution in [3.63, 3.8) is 0 Å². The molecule has 0 aliphatic carbocycles. The fraction of sp³-hybridized carbons (Fsp3) is 0.500. The maximum atomic E-state index is 5.54. The molecule has 0 saturated carbocycles. The second kappa shape index (κ2) is 3.99. The van der Waals surface area contributed by atoms with Crippen LogP contribution in [0, 0.1) is 5.92 Å². The first-order valence-corrected chi connectivity index (χ1v) is 6.72. The molecule has 3 heterocycles. The molecule has 0 bridgehead atoms. The van der Waals surface area contributed by atoms with Crippen LogP contribution in [0.2, 0.25) is 0 Å². The molecule has 1 aromatic heterocycles. The van der Waals surface area contributed by atoms with Crippen molar-refractivity contribution in [2.24, 2.45) is 5.92 Å². The van der Waals surface area contributed by atoms with Crippen molar-refractivity contribution in [2.45, 2.75) is 18.9 Å². The van der Waals surface area contributed by atoms with E-state index in [-0.39, 0.29) is 0 Å². The van der Waals surface area contributed by atoms with E-state index in [1.165, 1.54) is 17.6 Å². The average Bonchev–Trinajstić information content (AvgIpc) is 3.05. The summed E-state index contributed by atoms with van der Waals surface area (Å²) in [5.41, 5.74) is 1.09. The predicted molar refractivity (Wildman–Crippen MR) is 70.8 cm³/mol. The summed E-state index contributed by atoms with van der Waals surface area (Å²) in [7, 11) is 0. The Morgan fingerprint density at radius 2 is 2.22 bits per heavy atom. The van der Waals surface area contributed by atoms with Gasteiger partial charge in [0.2, 0.25) is 0 Å². The number of benzene rings is 1. The van der Waals surface area contributed by atoms with Crippen LogP contribution in [0.15, 0.2) is 24.3 Å². The molecule has 4 nitrogen and oxygen atoms in total. The third-order valence-corrected chi connectivity index (χ3v) is 4.16. The van der Waals surface area contributed by atoms with E-state index in [1.54, 1.807) is 0 Å². The summed E-state index contributed by atoms with van der Waals surface area (Å²) in [6.07, 6.45) is 2.31. The number of hydrogen-bond acceptors (Lipinski definition) is 3. The van der Waals surface area contributed by atoms with Crippen molar-refractivity contribution < 1.29 is 4.74 Å². The molecular weight excluding hydrogens is 226 g/mol. The van der Waals surface area contributed by atoms with Gasteiger partial charge in [0.1, 0.15) is 5.82 Å². The van der Waals surface area contributed by atoms with Gasteiger partial charge < -0.3 is 10.1 Å². The number of ether oxygens (including phenoxy) is 1. The molecule has 0 amide bonds. The Kier molecular flexibility index (Phi) is 2.30. The first-order valence-electron chi connectivity index (χ1n) is 6.72. The van der Waals surface area contributed by atoms with E-state index in [4.69, 9.17) is 9.84 Å². The lowest BCUT2D eigenvalue weighted by Crippen LogP contribution is -2.29. The van der Waals surface area contributed by atoms with Crippen LogP contribution in [0.3, 0.4) is 0 Å². The Morgan fingerprint density at radius 3 is 3.11 bits per heavy atom. The van der Waals surface area contributed by atoms with Gasteiger partial charge in [-0.05, 0) is 25.0 Å². The molecule has 4 rings (SSSR count). The predicted octanol–water partition coefficient (Wildman–Crippen LogP) is 2.43. The lowest BCUT2D eigenvalue weighted by atomic mass is 9.95. The van der Waals surface area contributed by atoms with Crippen LogP contribution >= 0.6 is 0 Å². The van der Waals surface area contributed by atoms with Crippen LogP contribution in [-0.4, -0.2) is 29.5 Å². The SMILES string of the molecule is c1ccc2c3n(nc2c1)C(C1CCOC1)CCN3. The number of nitrogens with one attached hydrogen (secondary N) is 1. The zero-order valence-electron chi connectivity index (χ0n) is 10.3. The summed E-state index contributed by atoms with van der Waals surface area (Å²) in [5.74, 6) is 1.81. The molecule has 0 radical (unpaired) electrons. The lowest BCUT2D eigenvalue weighted by Gasteiger charge is -2.29. The number of nitrogens with zero attached hydrogens (tertiary/aromatic N) is 2. The summed E-state index contributed by atoms with van der Waals surface area (Å²) in [5, 5.41) is 9.51. The fourth-order valence-corrected chi connectivity index (χ4v) is 3.22. The standard InChI is InChI=1S/C14H17N3O/c1-2-4-12-11(3-1)14-15-7-5-13(17(14)16-12)10-6-8-18-9-10/h1-4,10,13,15H,5-9H2. The normalized spacial score (nSPS) is 27.1. The van der Waals surface area contributed by atoms with Crippen molar-refractivity contribution >= 4 is 16.7 Å². The van der Waals surface area contributed by atoms with Crippen molar-refractivity contribution in [2.75, 3.05) is 25.1 Å². The Hall–Kier alpha value is -1.55. The highest BCUT2D eigenvalue weighted by atomic mass is 16.5. The van der Waals surface area contributed by atoms with Crippen molar-refractivity contribution in [1.82, 2.24) is 9.78 Å². The lowest BCUT2D eigenvalue weighted by molar-refractivity contribution is 0.167. The third kappa shape index (κ3) is 1.45. The first kappa shape index (κ1) is 10.4. The van der Waals surface area contributed by atoms with Gasteiger partial charge in [0.25, 0.3) is 0 Å². The monoisotopic (exact) mass is 243 g/mol. The van der Waals surface area contributed by atoms with Crippen LogP contribution in [0.1, 0.15) is 18.9 Å². The van der Waals surface area contributed by atoms with Gasteiger partial charge in [0, 0.05) is 24.5 Å². The van der Waals surface area contributed by atoms with Crippen molar-refractivity contribution in [1.29, 1.82) is 0 Å². The molecule has 2 unspecified atom stereocenters. The maximum absolute atomic E-state index is 5.54. The second-order valence-corrected chi connectivity index (χ2v) is 5.22. The molecule has 0 spiro atoms. The third-order valence-electron chi connectivity index (χ3n) is 4.16. The molecular formula is C14H17N3O. The van der Waals surface area contributed by atoms with Crippen LogP contribution in [0.4, 0.5) is 5.82 Å². The number of anilines is 1. The van der Waals surface area contributed by atoms with Gasteiger partial charge >= 0.3 is 0 Å². The van der Waals surface area contributed by atoms with E-state index in [2.05, 4.69) is 34.3 Å². The molecule has 1 fully saturated rings. The summed E-state index contributed by atoms with van der Waals surface area (Å²) in [4.78, 5) is 0. The van der Waals surface area contributed by atoms with E-state index in [1.807, 2.05) is 0 Å². The molecule has 1 aromatic carbocycles. The molecule has 2 aromatic rings. The molecule has 1 N–H and O–H groups in total. The highest BCUT2D eigenvalue weighted by molar-refractivity contribution is 5.90. The van der Waals surface area contributed by atoms with Gasteiger partial charge in [-0.25, -0.2) is 4.68 Å². The van der Waals surface area contributed by atoms with Crippen LogP contribution in [0.5, 0.6) is 0 Å². The molecule has 2 aliphatic heterocycles. The zero-order valence-corrected chi connectivity index (χ0v) is 10.3. The molecule has 1 saturated heterocycles. The van der Waals surface area contributed by atoms with Crippen LogP contribution in [0.25, 0.3) is 10.9 Å². The van der Waals surface area contributed by atoms with Gasteiger partial charge in [-0.1, -0.05) is 12.1 Å². The minimum Gasteiger partial charge on any atom is -0.381 e. The Bertz CT molecular complexity index is 571. The van der Waals surface area contributed by atoms with Gasteiger partial charge in [-0.2, -0.15) is 5.10 Å². The largest absolute Gasteiger partial charge is 0.381 e. The maximum Gasteiger partial charge on any atom is 0.132 e. The molecule has 94 valence electrons. The number of rotatable bonds is 1. The molecule has 2 aliphatic rings. The van der Waals surface area contributed by atoms with Crippen LogP contribution < -0.4 is 5.32 Å². The van der Waals surface area contributed by atoms with Gasteiger partial charge in [-0.3, -0.25) is 0 Å². The molecule has 18 heavy (non-hydrogen) atoms. The minimum atomic E-state index is 0.496. The summed E-state index contributed by atoms with van der Waals surface area (Å²) < 4.78 is 7.74. The zero-order chi connectivity index (χ0) is 11.9. The van der Waals surface area contributed by atoms with E-state index in [9.17, 15) is 0 Å². The van der Waals surface area contributed by atoms with E-state index < -0.39 is 0 Å². The fourth-order valence-electron chi connectivity index (χ4n) is 3.22. The summed E-state index contributed by atoms with van der Waals surface area (Å²) in [6.45, 7) is 2.84. The van der Waals surface area contributed by atoms with E-state index in [0.29, 0.717) is 12.0 Å². The molecule has 4 heteroatoms. The number of fused-ring (bicyclic) bond motifs is 3. The summed E-state index contributed by atoms with van der Waals surface area (Å²) >= 11 is 0. The topological polar surface area (TPSA) is 39.1 Å².